The minimum absolute atomic E-state index is 0.0314. The minimum Gasteiger partial charge on any atom is -0.462 e. The van der Waals surface area contributed by atoms with Crippen LogP contribution in [0.2, 0.25) is 5.02 Å². The van der Waals surface area contributed by atoms with Crippen molar-refractivity contribution in [3.8, 4) is 0 Å². The van der Waals surface area contributed by atoms with Crippen molar-refractivity contribution in [2.75, 3.05) is 17.5 Å². The van der Waals surface area contributed by atoms with Gasteiger partial charge >= 0.3 is 5.97 Å². The number of nitrogens with zero attached hydrogens (tertiary/aromatic N) is 2. The van der Waals surface area contributed by atoms with Crippen LogP contribution in [0.3, 0.4) is 0 Å². The van der Waals surface area contributed by atoms with E-state index in [4.69, 9.17) is 16.3 Å². The average Bonchev–Trinajstić information content (AvgIpc) is 2.66. The standard InChI is InChI=1S/C18H17ClN2O6S/c1-3-11-20(14-7-10-16(17(19)12-14)18(22)27-4-2)28(25,26)15-8-5-13(6-9-15)21(23)24/h3,5-10,12H,1,4,11H2,2H3. The Balaban J connectivity index is 2.46. The number of anilines is 1. The van der Waals surface area contributed by atoms with E-state index >= 15 is 0 Å². The molecule has 0 N–H and O–H groups in total. The Hall–Kier alpha value is -2.91. The van der Waals surface area contributed by atoms with Gasteiger partial charge in [0.05, 0.1) is 39.2 Å². The van der Waals surface area contributed by atoms with E-state index < -0.39 is 20.9 Å². The van der Waals surface area contributed by atoms with Crippen LogP contribution in [0, 0.1) is 10.1 Å². The molecule has 0 spiro atoms. The van der Waals surface area contributed by atoms with E-state index in [0.717, 1.165) is 28.6 Å². The molecule has 0 aliphatic carbocycles. The summed E-state index contributed by atoms with van der Waals surface area (Å²) in [6.45, 7) is 5.32. The molecule has 0 bridgehead atoms. The molecule has 0 aliphatic rings. The molecule has 0 unspecified atom stereocenters. The van der Waals surface area contributed by atoms with Gasteiger partial charge in [-0.05, 0) is 37.3 Å². The second-order valence-electron chi connectivity index (χ2n) is 5.46. The van der Waals surface area contributed by atoms with Crippen LogP contribution >= 0.6 is 11.6 Å². The van der Waals surface area contributed by atoms with E-state index in [1.54, 1.807) is 6.92 Å². The number of nitro groups is 1. The number of benzene rings is 2. The molecule has 10 heteroatoms. The number of sulfonamides is 1. The maximum absolute atomic E-state index is 13.0. The van der Waals surface area contributed by atoms with Crippen molar-refractivity contribution in [3.05, 3.63) is 75.8 Å². The lowest BCUT2D eigenvalue weighted by molar-refractivity contribution is -0.384. The first-order chi connectivity index (χ1) is 13.2. The molecular weight excluding hydrogens is 408 g/mol. The molecule has 2 rings (SSSR count). The van der Waals surface area contributed by atoms with Crippen molar-refractivity contribution < 1.29 is 22.9 Å². The van der Waals surface area contributed by atoms with Crippen molar-refractivity contribution in [1.82, 2.24) is 0 Å². The van der Waals surface area contributed by atoms with Crippen LogP contribution < -0.4 is 4.31 Å². The summed E-state index contributed by atoms with van der Waals surface area (Å²) in [5.41, 5.74) is 0.0888. The molecule has 0 fully saturated rings. The molecule has 0 radical (unpaired) electrons. The number of rotatable bonds is 8. The number of esters is 1. The third-order valence-corrected chi connectivity index (χ3v) is 5.79. The topological polar surface area (TPSA) is 107 Å². The molecule has 0 aromatic heterocycles. The number of halogens is 1. The molecule has 28 heavy (non-hydrogen) atoms. The van der Waals surface area contributed by atoms with E-state index in [1.165, 1.54) is 24.3 Å². The summed E-state index contributed by atoms with van der Waals surface area (Å²) in [5.74, 6) is -0.618. The van der Waals surface area contributed by atoms with Crippen LogP contribution in [-0.2, 0) is 14.8 Å². The highest BCUT2D eigenvalue weighted by Crippen LogP contribution is 2.29. The predicted molar refractivity (Wildman–Crippen MR) is 105 cm³/mol. The van der Waals surface area contributed by atoms with Crippen molar-refractivity contribution in [2.45, 2.75) is 11.8 Å². The molecule has 0 heterocycles. The molecule has 0 amide bonds. The Bertz CT molecular complexity index is 1010. The highest BCUT2D eigenvalue weighted by molar-refractivity contribution is 7.92. The van der Waals surface area contributed by atoms with Crippen LogP contribution in [0.1, 0.15) is 17.3 Å². The zero-order chi connectivity index (χ0) is 20.9. The highest BCUT2D eigenvalue weighted by Gasteiger charge is 2.26. The number of nitro benzene ring substituents is 1. The van der Waals surface area contributed by atoms with Crippen molar-refractivity contribution in [3.63, 3.8) is 0 Å². The van der Waals surface area contributed by atoms with E-state index in [0.29, 0.717) is 0 Å². The first-order valence-corrected chi connectivity index (χ1v) is 9.89. The Morgan fingerprint density at radius 1 is 1.29 bits per heavy atom. The molecule has 2 aromatic carbocycles. The smallest absolute Gasteiger partial charge is 0.339 e. The van der Waals surface area contributed by atoms with E-state index in [-0.39, 0.29) is 40.0 Å². The van der Waals surface area contributed by atoms with Crippen LogP contribution in [0.5, 0.6) is 0 Å². The molecular formula is C18H17ClN2O6S. The Morgan fingerprint density at radius 2 is 1.93 bits per heavy atom. The van der Waals surface area contributed by atoms with Crippen LogP contribution in [-0.4, -0.2) is 32.5 Å². The zero-order valence-corrected chi connectivity index (χ0v) is 16.4. The third kappa shape index (κ3) is 4.49. The fourth-order valence-electron chi connectivity index (χ4n) is 2.36. The fourth-order valence-corrected chi connectivity index (χ4v) is 4.04. The largest absolute Gasteiger partial charge is 0.462 e. The van der Waals surface area contributed by atoms with Crippen LogP contribution in [0.4, 0.5) is 11.4 Å². The maximum atomic E-state index is 13.0. The number of carbonyl (C=O) groups excluding carboxylic acids is 1. The molecule has 0 saturated heterocycles. The van der Waals surface area contributed by atoms with Gasteiger partial charge in [0.15, 0.2) is 0 Å². The Morgan fingerprint density at radius 3 is 2.43 bits per heavy atom. The van der Waals surface area contributed by atoms with Gasteiger partial charge < -0.3 is 4.74 Å². The van der Waals surface area contributed by atoms with Crippen LogP contribution in [0.15, 0.2) is 60.0 Å². The molecule has 8 nitrogen and oxygen atoms in total. The predicted octanol–water partition coefficient (Wildman–Crippen LogP) is 3.81. The number of hydrogen-bond acceptors (Lipinski definition) is 6. The third-order valence-electron chi connectivity index (χ3n) is 3.67. The van der Waals surface area contributed by atoms with E-state index in [9.17, 15) is 23.3 Å². The molecule has 0 saturated carbocycles. The van der Waals surface area contributed by atoms with Crippen molar-refractivity contribution in [2.24, 2.45) is 0 Å². The number of carbonyl (C=O) groups is 1. The van der Waals surface area contributed by atoms with Crippen LogP contribution in [0.25, 0.3) is 0 Å². The highest BCUT2D eigenvalue weighted by atomic mass is 35.5. The summed E-state index contributed by atoms with van der Waals surface area (Å²) in [7, 11) is -4.05. The molecule has 148 valence electrons. The van der Waals surface area contributed by atoms with E-state index in [1.807, 2.05) is 0 Å². The fraction of sp³-hybridized carbons (Fsp3) is 0.167. The quantitative estimate of drug-likeness (QED) is 0.276. The second-order valence-corrected chi connectivity index (χ2v) is 7.73. The molecule has 2 aromatic rings. The summed E-state index contributed by atoms with van der Waals surface area (Å²) >= 11 is 6.13. The second kappa shape index (κ2) is 8.85. The van der Waals surface area contributed by atoms with E-state index in [2.05, 4.69) is 6.58 Å². The number of hydrogen-bond donors (Lipinski definition) is 0. The van der Waals surface area contributed by atoms with Gasteiger partial charge in [-0.25, -0.2) is 13.2 Å². The van der Waals surface area contributed by atoms with Gasteiger partial charge in [-0.15, -0.1) is 6.58 Å². The Labute approximate surface area is 167 Å². The Kier molecular flexibility index (Phi) is 6.76. The van der Waals surface area contributed by atoms with Crippen molar-refractivity contribution >= 4 is 39.0 Å². The number of non-ortho nitro benzene ring substituents is 1. The maximum Gasteiger partial charge on any atom is 0.339 e. The summed E-state index contributed by atoms with van der Waals surface area (Å²) in [6, 6.07) is 8.64. The normalized spacial score (nSPS) is 10.9. The summed E-state index contributed by atoms with van der Waals surface area (Å²) in [5, 5.41) is 10.8. The first-order valence-electron chi connectivity index (χ1n) is 8.07. The molecule has 0 atom stereocenters. The lowest BCUT2D eigenvalue weighted by Crippen LogP contribution is -2.31. The summed E-state index contributed by atoms with van der Waals surface area (Å²) < 4.78 is 31.9. The van der Waals surface area contributed by atoms with Gasteiger partial charge in [-0.3, -0.25) is 14.4 Å². The van der Waals surface area contributed by atoms with Crippen molar-refractivity contribution in [1.29, 1.82) is 0 Å². The summed E-state index contributed by atoms with van der Waals surface area (Å²) in [6.07, 6.45) is 1.39. The van der Waals surface area contributed by atoms with Gasteiger partial charge in [0.2, 0.25) is 0 Å². The van der Waals surface area contributed by atoms with Gasteiger partial charge in [0, 0.05) is 12.1 Å². The van der Waals surface area contributed by atoms with Gasteiger partial charge in [-0.1, -0.05) is 17.7 Å². The monoisotopic (exact) mass is 424 g/mol. The lowest BCUT2D eigenvalue weighted by atomic mass is 10.2. The first kappa shape index (κ1) is 21.4. The van der Waals surface area contributed by atoms with Gasteiger partial charge in [-0.2, -0.15) is 0 Å². The SMILES string of the molecule is C=CCN(c1ccc(C(=O)OCC)c(Cl)c1)S(=O)(=O)c1ccc([N+](=O)[O-])cc1. The lowest BCUT2D eigenvalue weighted by Gasteiger charge is -2.23. The average molecular weight is 425 g/mol. The molecule has 0 aliphatic heterocycles. The zero-order valence-electron chi connectivity index (χ0n) is 14.9. The number of ether oxygens (including phenoxy) is 1. The van der Waals surface area contributed by atoms with Gasteiger partial charge in [0.1, 0.15) is 0 Å². The minimum atomic E-state index is -4.05. The summed E-state index contributed by atoms with van der Waals surface area (Å²) in [4.78, 5) is 21.9. The van der Waals surface area contributed by atoms with Gasteiger partial charge in [0.25, 0.3) is 15.7 Å².